The van der Waals surface area contributed by atoms with Gasteiger partial charge in [0, 0.05) is 6.42 Å². The van der Waals surface area contributed by atoms with Gasteiger partial charge in [0.15, 0.2) is 0 Å². The van der Waals surface area contributed by atoms with Crippen LogP contribution in [0.15, 0.2) is 0 Å². The fourth-order valence-electron chi connectivity index (χ4n) is 1.05. The summed E-state index contributed by atoms with van der Waals surface area (Å²) < 4.78 is 0. The highest BCUT2D eigenvalue weighted by molar-refractivity contribution is 5.89. The van der Waals surface area contributed by atoms with E-state index < -0.39 is 23.9 Å². The first-order valence-electron chi connectivity index (χ1n) is 4.68. The van der Waals surface area contributed by atoms with Gasteiger partial charge in [-0.3, -0.25) is 9.59 Å². The molecule has 84 valence electrons. The van der Waals surface area contributed by atoms with E-state index >= 15 is 0 Å². The number of hydrogen-bond donors (Lipinski definition) is 3. The van der Waals surface area contributed by atoms with Crippen molar-refractivity contribution in [3.05, 3.63) is 0 Å². The van der Waals surface area contributed by atoms with Gasteiger partial charge >= 0.3 is 0 Å². The molecule has 0 aromatic rings. The topological polar surface area (TPSA) is 98.2 Å². The number of nitrogens with two attached hydrogens (primary N) is 2. The van der Waals surface area contributed by atoms with Crippen LogP contribution in [0.25, 0.3) is 0 Å². The second-order valence-electron chi connectivity index (χ2n) is 3.65. The molecule has 0 heterocycles. The zero-order chi connectivity index (χ0) is 12.0. The number of terminal acetylenes is 1. The highest BCUT2D eigenvalue weighted by Crippen LogP contribution is 2.01. The number of rotatable bonds is 5. The summed E-state index contributed by atoms with van der Waals surface area (Å²) in [6.07, 6.45) is 5.15. The first-order chi connectivity index (χ1) is 6.90. The quantitative estimate of drug-likeness (QED) is 0.507. The summed E-state index contributed by atoms with van der Waals surface area (Å²) in [6, 6.07) is -1.50. The third-order valence-electron chi connectivity index (χ3n) is 1.95. The molecule has 0 fully saturated rings. The summed E-state index contributed by atoms with van der Waals surface area (Å²) in [6.45, 7) is 3.56. The van der Waals surface area contributed by atoms with Gasteiger partial charge in [-0.05, 0) is 5.92 Å². The van der Waals surface area contributed by atoms with Crippen LogP contribution in [0.1, 0.15) is 20.3 Å². The van der Waals surface area contributed by atoms with Crippen LogP contribution in [0.2, 0.25) is 0 Å². The maximum atomic E-state index is 11.4. The second kappa shape index (κ2) is 6.04. The lowest BCUT2D eigenvalue weighted by molar-refractivity contribution is -0.129. The molecular formula is C10H17N3O2. The van der Waals surface area contributed by atoms with E-state index in [1.165, 1.54) is 0 Å². The Hall–Kier alpha value is -1.54. The van der Waals surface area contributed by atoms with Crippen molar-refractivity contribution in [3.8, 4) is 12.3 Å². The maximum absolute atomic E-state index is 11.4. The van der Waals surface area contributed by atoms with Crippen LogP contribution in [-0.2, 0) is 9.59 Å². The van der Waals surface area contributed by atoms with Crippen molar-refractivity contribution in [3.63, 3.8) is 0 Å². The number of hydrogen-bond acceptors (Lipinski definition) is 3. The lowest BCUT2D eigenvalue weighted by atomic mass is 10.0. The van der Waals surface area contributed by atoms with Gasteiger partial charge in [0.2, 0.25) is 11.8 Å². The van der Waals surface area contributed by atoms with Gasteiger partial charge in [-0.1, -0.05) is 13.8 Å². The molecule has 2 unspecified atom stereocenters. The van der Waals surface area contributed by atoms with E-state index in [4.69, 9.17) is 17.9 Å². The number of carbonyl (C=O) groups excluding carboxylic acids is 2. The first kappa shape index (κ1) is 13.5. The monoisotopic (exact) mass is 211 g/mol. The van der Waals surface area contributed by atoms with Gasteiger partial charge in [0.05, 0.1) is 6.04 Å². The fourth-order valence-corrected chi connectivity index (χ4v) is 1.05. The minimum Gasteiger partial charge on any atom is -0.368 e. The van der Waals surface area contributed by atoms with Crippen LogP contribution in [0, 0.1) is 18.3 Å². The zero-order valence-corrected chi connectivity index (χ0v) is 8.99. The molecule has 0 bridgehead atoms. The molecule has 15 heavy (non-hydrogen) atoms. The molecule has 5 heteroatoms. The molecule has 5 N–H and O–H groups in total. The summed E-state index contributed by atoms with van der Waals surface area (Å²) >= 11 is 0. The highest BCUT2D eigenvalue weighted by Gasteiger charge is 2.23. The largest absolute Gasteiger partial charge is 0.368 e. The lowest BCUT2D eigenvalue weighted by Crippen LogP contribution is -2.52. The molecule has 0 aliphatic carbocycles. The molecule has 2 amide bonds. The average molecular weight is 211 g/mol. The van der Waals surface area contributed by atoms with Crippen LogP contribution < -0.4 is 16.8 Å². The summed E-state index contributed by atoms with van der Waals surface area (Å²) in [4.78, 5) is 22.4. The van der Waals surface area contributed by atoms with Crippen molar-refractivity contribution < 1.29 is 9.59 Å². The van der Waals surface area contributed by atoms with E-state index in [-0.39, 0.29) is 12.3 Å². The van der Waals surface area contributed by atoms with E-state index in [2.05, 4.69) is 11.2 Å². The van der Waals surface area contributed by atoms with Crippen LogP contribution in [0.5, 0.6) is 0 Å². The van der Waals surface area contributed by atoms with E-state index in [9.17, 15) is 9.59 Å². The Balaban J connectivity index is 4.37. The third-order valence-corrected chi connectivity index (χ3v) is 1.95. The molecule has 0 spiro atoms. The predicted octanol–water partition coefficient (Wildman–Crippen LogP) is -1.04. The summed E-state index contributed by atoms with van der Waals surface area (Å²) in [5.41, 5.74) is 10.6. The van der Waals surface area contributed by atoms with E-state index in [1.54, 1.807) is 13.8 Å². The Morgan fingerprint density at radius 1 is 1.47 bits per heavy atom. The minimum absolute atomic E-state index is 0.0792. The standard InChI is InChI=1S/C10H17N3O2/c1-4-5-7(11)10(15)13-8(6(2)3)9(12)14/h1,6-8H,5,11H2,2-3H3,(H2,12,14)(H,13,15). The molecule has 2 atom stereocenters. The van der Waals surface area contributed by atoms with Gasteiger partial charge in [-0.15, -0.1) is 12.3 Å². The molecule has 5 nitrogen and oxygen atoms in total. The highest BCUT2D eigenvalue weighted by atomic mass is 16.2. The predicted molar refractivity (Wildman–Crippen MR) is 57.4 cm³/mol. The average Bonchev–Trinajstić information content (AvgIpc) is 2.12. The molecule has 0 saturated heterocycles. The van der Waals surface area contributed by atoms with Gasteiger partial charge in [-0.2, -0.15) is 0 Å². The molecular weight excluding hydrogens is 194 g/mol. The molecule has 0 radical (unpaired) electrons. The number of amides is 2. The SMILES string of the molecule is C#CCC(N)C(=O)NC(C(N)=O)C(C)C. The van der Waals surface area contributed by atoms with Crippen LogP contribution in [0.3, 0.4) is 0 Å². The number of primary amides is 1. The smallest absolute Gasteiger partial charge is 0.240 e. The number of nitrogens with one attached hydrogen (secondary N) is 1. The summed E-state index contributed by atoms with van der Waals surface area (Å²) in [5, 5.41) is 2.47. The van der Waals surface area contributed by atoms with Crippen molar-refractivity contribution in [2.75, 3.05) is 0 Å². The Kier molecular flexibility index (Phi) is 5.42. The Morgan fingerprint density at radius 3 is 2.33 bits per heavy atom. The van der Waals surface area contributed by atoms with E-state index in [1.807, 2.05) is 0 Å². The van der Waals surface area contributed by atoms with Crippen molar-refractivity contribution >= 4 is 11.8 Å². The summed E-state index contributed by atoms with van der Waals surface area (Å²) in [5.74, 6) is 1.17. The Bertz CT molecular complexity index is 281. The van der Waals surface area contributed by atoms with Gasteiger partial charge in [0.1, 0.15) is 6.04 Å². The molecule has 0 rings (SSSR count). The van der Waals surface area contributed by atoms with E-state index in [0.717, 1.165) is 0 Å². The molecule has 0 saturated carbocycles. The fraction of sp³-hybridized carbons (Fsp3) is 0.600. The first-order valence-corrected chi connectivity index (χ1v) is 4.68. The number of carbonyl (C=O) groups is 2. The Morgan fingerprint density at radius 2 is 2.00 bits per heavy atom. The van der Waals surface area contributed by atoms with Crippen LogP contribution >= 0.6 is 0 Å². The van der Waals surface area contributed by atoms with Gasteiger partial charge in [-0.25, -0.2) is 0 Å². The van der Waals surface area contributed by atoms with Crippen molar-refractivity contribution in [1.82, 2.24) is 5.32 Å². The van der Waals surface area contributed by atoms with E-state index in [0.29, 0.717) is 0 Å². The second-order valence-corrected chi connectivity index (χ2v) is 3.65. The van der Waals surface area contributed by atoms with Gasteiger partial charge in [0.25, 0.3) is 0 Å². The molecule has 0 aliphatic rings. The van der Waals surface area contributed by atoms with Crippen LogP contribution in [-0.4, -0.2) is 23.9 Å². The molecule has 0 aliphatic heterocycles. The van der Waals surface area contributed by atoms with Crippen LogP contribution in [0.4, 0.5) is 0 Å². The minimum atomic E-state index is -0.796. The maximum Gasteiger partial charge on any atom is 0.240 e. The molecule has 0 aromatic heterocycles. The lowest BCUT2D eigenvalue weighted by Gasteiger charge is -2.20. The Labute approximate surface area is 89.6 Å². The normalized spacial score (nSPS) is 14.1. The van der Waals surface area contributed by atoms with Crippen molar-refractivity contribution in [1.29, 1.82) is 0 Å². The van der Waals surface area contributed by atoms with Crippen molar-refractivity contribution in [2.24, 2.45) is 17.4 Å². The third kappa shape index (κ3) is 4.47. The van der Waals surface area contributed by atoms with Crippen molar-refractivity contribution in [2.45, 2.75) is 32.4 Å². The molecule has 0 aromatic carbocycles. The zero-order valence-electron chi connectivity index (χ0n) is 8.99. The summed E-state index contributed by atoms with van der Waals surface area (Å²) in [7, 11) is 0. The van der Waals surface area contributed by atoms with Gasteiger partial charge < -0.3 is 16.8 Å².